The molecule has 1 fully saturated rings. The highest BCUT2D eigenvalue weighted by Crippen LogP contribution is 2.27. The first-order valence-electron chi connectivity index (χ1n) is 8.11. The summed E-state index contributed by atoms with van der Waals surface area (Å²) in [5, 5.41) is 9.25. The summed E-state index contributed by atoms with van der Waals surface area (Å²) in [7, 11) is 0. The Labute approximate surface area is 143 Å². The quantitative estimate of drug-likeness (QED) is 0.768. The molecule has 3 N–H and O–H groups in total. The first kappa shape index (κ1) is 17.8. The van der Waals surface area contributed by atoms with E-state index in [1.807, 2.05) is 24.3 Å². The predicted molar refractivity (Wildman–Crippen MR) is 92.8 cm³/mol. The lowest BCUT2D eigenvalue weighted by Gasteiger charge is -2.24. The maximum atomic E-state index is 12.1. The molecule has 3 rings (SSSR count). The highest BCUT2D eigenvalue weighted by Gasteiger charge is 2.26. The molecule has 2 heterocycles. The van der Waals surface area contributed by atoms with E-state index in [1.165, 1.54) is 6.42 Å². The van der Waals surface area contributed by atoms with Crippen molar-refractivity contribution in [2.75, 3.05) is 18.4 Å². The van der Waals surface area contributed by atoms with Gasteiger partial charge >= 0.3 is 0 Å². The largest absolute Gasteiger partial charge is 0.355 e. The molecule has 0 spiro atoms. The van der Waals surface area contributed by atoms with Crippen molar-refractivity contribution in [1.82, 2.24) is 10.6 Å². The second-order valence-electron chi connectivity index (χ2n) is 6.18. The molecule has 2 unspecified atom stereocenters. The van der Waals surface area contributed by atoms with Gasteiger partial charge in [0.05, 0.1) is 0 Å². The number of hydrogen-bond acceptors (Lipinski definition) is 3. The van der Waals surface area contributed by atoms with Crippen molar-refractivity contribution in [1.29, 1.82) is 0 Å². The van der Waals surface area contributed by atoms with E-state index in [2.05, 4.69) is 16.0 Å². The predicted octanol–water partition coefficient (Wildman–Crippen LogP) is 1.87. The number of carbonyl (C=O) groups is 2. The highest BCUT2D eigenvalue weighted by molar-refractivity contribution is 5.96. The highest BCUT2D eigenvalue weighted by atomic mass is 35.5. The van der Waals surface area contributed by atoms with Crippen LogP contribution in [0.1, 0.15) is 31.2 Å². The monoisotopic (exact) mass is 337 g/mol. The summed E-state index contributed by atoms with van der Waals surface area (Å²) in [6.07, 6.45) is 4.04. The van der Waals surface area contributed by atoms with Crippen molar-refractivity contribution in [3.63, 3.8) is 0 Å². The van der Waals surface area contributed by atoms with Gasteiger partial charge in [0, 0.05) is 30.6 Å². The molecule has 0 aliphatic carbocycles. The zero-order chi connectivity index (χ0) is 15.4. The maximum Gasteiger partial charge on any atom is 0.227 e. The Kier molecular flexibility index (Phi) is 6.42. The van der Waals surface area contributed by atoms with Crippen molar-refractivity contribution in [3.8, 4) is 0 Å². The molecule has 2 aliphatic rings. The summed E-state index contributed by atoms with van der Waals surface area (Å²) in [6.45, 7) is 1.74. The lowest BCUT2D eigenvalue weighted by Crippen LogP contribution is -2.37. The van der Waals surface area contributed by atoms with Crippen LogP contribution in [0.15, 0.2) is 24.3 Å². The molecule has 5 nitrogen and oxygen atoms in total. The summed E-state index contributed by atoms with van der Waals surface area (Å²) >= 11 is 0. The third-order valence-corrected chi connectivity index (χ3v) is 4.54. The van der Waals surface area contributed by atoms with Crippen LogP contribution >= 0.6 is 12.4 Å². The standard InChI is InChI=1S/C17H23N3O2.ClH/c21-16(19-11-14-5-3-9-18-14)8-7-13-10-12-4-1-2-6-15(12)20-17(13)22;/h1-2,4,6,13-14,18H,3,5,7-11H2,(H,19,21)(H,20,22);1H. The van der Waals surface area contributed by atoms with Gasteiger partial charge in [-0.3, -0.25) is 9.59 Å². The number of fused-ring (bicyclic) bond motifs is 1. The van der Waals surface area contributed by atoms with Gasteiger partial charge in [0.25, 0.3) is 0 Å². The normalized spacial score (nSPS) is 22.7. The van der Waals surface area contributed by atoms with Crippen LogP contribution in [-0.4, -0.2) is 30.9 Å². The molecule has 1 aromatic carbocycles. The summed E-state index contributed by atoms with van der Waals surface area (Å²) < 4.78 is 0. The first-order chi connectivity index (χ1) is 10.7. The number of benzene rings is 1. The van der Waals surface area contributed by atoms with E-state index >= 15 is 0 Å². The van der Waals surface area contributed by atoms with E-state index in [-0.39, 0.29) is 30.1 Å². The Morgan fingerprint density at radius 3 is 2.91 bits per heavy atom. The van der Waals surface area contributed by atoms with Gasteiger partial charge in [0.1, 0.15) is 0 Å². The zero-order valence-corrected chi connectivity index (χ0v) is 14.0. The lowest BCUT2D eigenvalue weighted by molar-refractivity contribution is -0.122. The van der Waals surface area contributed by atoms with E-state index in [0.29, 0.717) is 25.4 Å². The number of hydrogen-bond donors (Lipinski definition) is 3. The molecule has 1 saturated heterocycles. The minimum atomic E-state index is -0.106. The van der Waals surface area contributed by atoms with Crippen molar-refractivity contribution in [3.05, 3.63) is 29.8 Å². The number of amides is 2. The average molecular weight is 338 g/mol. The van der Waals surface area contributed by atoms with Gasteiger partial charge < -0.3 is 16.0 Å². The van der Waals surface area contributed by atoms with Crippen LogP contribution in [0.5, 0.6) is 0 Å². The number of rotatable bonds is 5. The fourth-order valence-corrected chi connectivity index (χ4v) is 3.21. The van der Waals surface area contributed by atoms with Gasteiger partial charge in [-0.05, 0) is 43.9 Å². The first-order valence-corrected chi connectivity index (χ1v) is 8.11. The molecular formula is C17H24ClN3O2. The van der Waals surface area contributed by atoms with Gasteiger partial charge in [-0.1, -0.05) is 18.2 Å². The van der Waals surface area contributed by atoms with Gasteiger partial charge in [0.2, 0.25) is 11.8 Å². The minimum Gasteiger partial charge on any atom is -0.355 e. The Balaban J connectivity index is 0.00000192. The number of nitrogens with one attached hydrogen (secondary N) is 3. The Morgan fingerprint density at radius 1 is 1.30 bits per heavy atom. The molecular weight excluding hydrogens is 314 g/mol. The summed E-state index contributed by atoms with van der Waals surface area (Å²) in [6, 6.07) is 8.27. The van der Waals surface area contributed by atoms with Gasteiger partial charge in [-0.25, -0.2) is 0 Å². The van der Waals surface area contributed by atoms with Crippen molar-refractivity contribution in [2.45, 2.75) is 38.1 Å². The van der Waals surface area contributed by atoms with Gasteiger partial charge in [0.15, 0.2) is 0 Å². The van der Waals surface area contributed by atoms with Crippen LogP contribution in [0, 0.1) is 5.92 Å². The number of anilines is 1. The van der Waals surface area contributed by atoms with Crippen LogP contribution < -0.4 is 16.0 Å². The maximum absolute atomic E-state index is 12.1. The molecule has 2 aliphatic heterocycles. The van der Waals surface area contributed by atoms with Crippen LogP contribution in [-0.2, 0) is 16.0 Å². The fraction of sp³-hybridized carbons (Fsp3) is 0.529. The second kappa shape index (κ2) is 8.31. The van der Waals surface area contributed by atoms with E-state index in [1.54, 1.807) is 0 Å². The zero-order valence-electron chi connectivity index (χ0n) is 13.1. The summed E-state index contributed by atoms with van der Waals surface area (Å²) in [4.78, 5) is 24.0. The molecule has 2 atom stereocenters. The Morgan fingerprint density at radius 2 is 2.13 bits per heavy atom. The SMILES string of the molecule is Cl.O=C(CCC1Cc2ccccc2NC1=O)NCC1CCCN1. The van der Waals surface area contributed by atoms with Gasteiger partial charge in [-0.2, -0.15) is 0 Å². The lowest BCUT2D eigenvalue weighted by atomic mass is 9.89. The Bertz CT molecular complexity index is 559. The van der Waals surface area contributed by atoms with Crippen LogP contribution in [0.2, 0.25) is 0 Å². The summed E-state index contributed by atoms with van der Waals surface area (Å²) in [5.41, 5.74) is 2.06. The molecule has 0 bridgehead atoms. The smallest absolute Gasteiger partial charge is 0.227 e. The molecule has 0 aromatic heterocycles. The second-order valence-corrected chi connectivity index (χ2v) is 6.18. The minimum absolute atomic E-state index is 0. The molecule has 0 saturated carbocycles. The van der Waals surface area contributed by atoms with E-state index in [9.17, 15) is 9.59 Å². The number of para-hydroxylation sites is 1. The third kappa shape index (κ3) is 4.69. The van der Waals surface area contributed by atoms with E-state index in [4.69, 9.17) is 0 Å². The number of carbonyl (C=O) groups excluding carboxylic acids is 2. The van der Waals surface area contributed by atoms with Crippen LogP contribution in [0.3, 0.4) is 0 Å². The molecule has 1 aromatic rings. The summed E-state index contributed by atoms with van der Waals surface area (Å²) in [5.74, 6) is -0.0328. The van der Waals surface area contributed by atoms with E-state index < -0.39 is 0 Å². The fourth-order valence-electron chi connectivity index (χ4n) is 3.21. The van der Waals surface area contributed by atoms with Crippen molar-refractivity contribution >= 4 is 29.9 Å². The third-order valence-electron chi connectivity index (χ3n) is 4.54. The molecule has 23 heavy (non-hydrogen) atoms. The van der Waals surface area contributed by atoms with Crippen molar-refractivity contribution < 1.29 is 9.59 Å². The van der Waals surface area contributed by atoms with Gasteiger partial charge in [-0.15, -0.1) is 12.4 Å². The molecule has 6 heteroatoms. The molecule has 126 valence electrons. The average Bonchev–Trinajstić information content (AvgIpc) is 3.04. The molecule has 0 radical (unpaired) electrons. The van der Waals surface area contributed by atoms with Crippen molar-refractivity contribution in [2.24, 2.45) is 5.92 Å². The molecule has 2 amide bonds. The Hall–Kier alpha value is -1.59. The topological polar surface area (TPSA) is 70.2 Å². The van der Waals surface area contributed by atoms with E-state index in [0.717, 1.165) is 30.6 Å². The number of halogens is 1. The van der Waals surface area contributed by atoms with Crippen LogP contribution in [0.4, 0.5) is 5.69 Å². The van der Waals surface area contributed by atoms with Crippen LogP contribution in [0.25, 0.3) is 0 Å².